The third-order valence-electron chi connectivity index (χ3n) is 8.39. The predicted molar refractivity (Wildman–Crippen MR) is 223 cm³/mol. The molecule has 0 aliphatic carbocycles. The van der Waals surface area contributed by atoms with Gasteiger partial charge in [-0.1, -0.05) is 0 Å². The number of esters is 2. The Morgan fingerprint density at radius 1 is 0.842 bits per heavy atom. The van der Waals surface area contributed by atoms with Crippen molar-refractivity contribution in [1.82, 2.24) is 29.5 Å². The summed E-state index contributed by atoms with van der Waals surface area (Å²) in [5, 5.41) is 22.1. The van der Waals surface area contributed by atoms with Gasteiger partial charge in [0.25, 0.3) is 5.69 Å². The quantitative estimate of drug-likeness (QED) is 0.0328. The second-order valence-corrected chi connectivity index (χ2v) is 13.4. The minimum absolute atomic E-state index is 0. The number of nitro groups is 1. The molecule has 2 N–H and O–H groups in total. The fraction of sp³-hybridized carbons (Fsp3) is 0.317. The number of pyridine rings is 2. The summed E-state index contributed by atoms with van der Waals surface area (Å²) in [6.07, 6.45) is 6.42. The summed E-state index contributed by atoms with van der Waals surface area (Å²) in [6.45, 7) is 11.9. The van der Waals surface area contributed by atoms with Crippen LogP contribution in [0.25, 0.3) is 44.3 Å². The first-order valence-electron chi connectivity index (χ1n) is 17.8. The molecule has 14 nitrogen and oxygen atoms in total. The summed E-state index contributed by atoms with van der Waals surface area (Å²) in [6, 6.07) is 15.1. The van der Waals surface area contributed by atoms with Crippen LogP contribution in [0.3, 0.4) is 0 Å². The zero-order chi connectivity index (χ0) is 40.2. The molecule has 4 aromatic heterocycles. The first kappa shape index (κ1) is 48.1. The largest absolute Gasteiger partial charge is 2.00 e. The van der Waals surface area contributed by atoms with Crippen LogP contribution in [0.4, 0.5) is 11.4 Å². The molecule has 57 heavy (non-hydrogen) atoms. The number of anilines is 1. The maximum atomic E-state index is 11.5. The van der Waals surface area contributed by atoms with Gasteiger partial charge in [-0.05, 0) is 104 Å². The molecular weight excluding hydrogens is 846 g/mol. The minimum atomic E-state index is -0.410. The van der Waals surface area contributed by atoms with Crippen LogP contribution in [0.5, 0.6) is 0 Å². The van der Waals surface area contributed by atoms with Crippen molar-refractivity contribution >= 4 is 61.0 Å². The summed E-state index contributed by atoms with van der Waals surface area (Å²) in [7, 11) is 3.69. The predicted octanol–water partition coefficient (Wildman–Crippen LogP) is 8.64. The van der Waals surface area contributed by atoms with E-state index < -0.39 is 4.92 Å². The molecule has 0 unspecified atom stereocenters. The number of rotatable bonds is 11. The number of nitrogen functional groups attached to an aromatic ring is 1. The maximum absolute atomic E-state index is 11.5. The molecule has 0 radical (unpaired) electrons. The number of hydrogen-bond donors (Lipinski definition) is 1. The van der Waals surface area contributed by atoms with Crippen molar-refractivity contribution < 1.29 is 43.5 Å². The number of nitrogens with zero attached hydrogens (tertiary/aromatic N) is 7. The van der Waals surface area contributed by atoms with Crippen LogP contribution in [0.2, 0.25) is 0 Å². The van der Waals surface area contributed by atoms with Gasteiger partial charge >= 0.3 is 31.4 Å². The zero-order valence-corrected chi connectivity index (χ0v) is 38.2. The maximum Gasteiger partial charge on any atom is 2.00 e. The van der Waals surface area contributed by atoms with E-state index in [1.807, 2.05) is 62.8 Å². The first-order chi connectivity index (χ1) is 26.3. The van der Waals surface area contributed by atoms with Gasteiger partial charge < -0.3 is 29.6 Å². The molecule has 0 atom stereocenters. The van der Waals surface area contributed by atoms with Crippen LogP contribution in [-0.4, -0.2) is 59.6 Å². The van der Waals surface area contributed by atoms with E-state index in [4.69, 9.17) is 10.5 Å². The number of hydrogen-bond acceptors (Lipinski definition) is 11. The molecule has 0 fully saturated rings. The van der Waals surface area contributed by atoms with E-state index in [1.54, 1.807) is 37.1 Å². The Kier molecular flexibility index (Phi) is 19.1. The van der Waals surface area contributed by atoms with E-state index in [-0.39, 0.29) is 44.5 Å². The van der Waals surface area contributed by atoms with Crippen molar-refractivity contribution in [3.05, 3.63) is 107 Å². The van der Waals surface area contributed by atoms with Gasteiger partial charge in [0.1, 0.15) is 11.4 Å². The van der Waals surface area contributed by atoms with Gasteiger partial charge in [-0.25, -0.2) is 0 Å². The van der Waals surface area contributed by atoms with E-state index in [2.05, 4.69) is 53.8 Å². The van der Waals surface area contributed by atoms with Gasteiger partial charge in [0.2, 0.25) is 0 Å². The minimum Gasteiger partial charge on any atom is -0.466 e. The van der Waals surface area contributed by atoms with Crippen molar-refractivity contribution in [2.75, 3.05) is 18.9 Å². The molecule has 6 rings (SSSR count). The summed E-state index contributed by atoms with van der Waals surface area (Å²) < 4.78 is 13.5. The first-order valence-corrected chi connectivity index (χ1v) is 18.6. The number of halogens is 1. The smallest absolute Gasteiger partial charge is 0.466 e. The molecule has 0 saturated carbocycles. The van der Waals surface area contributed by atoms with Crippen molar-refractivity contribution in [2.24, 2.45) is 14.1 Å². The number of nitro benzene ring substituents is 1. The van der Waals surface area contributed by atoms with E-state index >= 15 is 0 Å². The molecule has 4 heterocycles. The molecule has 0 spiro atoms. The van der Waals surface area contributed by atoms with Gasteiger partial charge in [0.05, 0.1) is 33.6 Å². The normalized spacial score (nSPS) is 10.3. The van der Waals surface area contributed by atoms with E-state index in [1.165, 1.54) is 6.07 Å². The summed E-state index contributed by atoms with van der Waals surface area (Å²) in [5.41, 5.74) is 15.2. The molecule has 0 aliphatic heterocycles. The average Bonchev–Trinajstić information content (AvgIpc) is 3.63. The Balaban J connectivity index is 0.000000326. The van der Waals surface area contributed by atoms with Gasteiger partial charge in [-0.2, -0.15) is 16.6 Å². The molecule has 16 heteroatoms. The van der Waals surface area contributed by atoms with Gasteiger partial charge in [0, 0.05) is 84.4 Å². The number of nitrogens with two attached hydrogens (primary N) is 1. The fourth-order valence-corrected chi connectivity index (χ4v) is 6.32. The fourth-order valence-electron chi connectivity index (χ4n) is 5.83. The molecule has 0 amide bonds. The Hall–Kier alpha value is -5.08. The number of fused-ring (bicyclic) bond motifs is 2. The van der Waals surface area contributed by atoms with Crippen LogP contribution in [0.15, 0.2) is 65.4 Å². The molecule has 298 valence electrons. The summed E-state index contributed by atoms with van der Waals surface area (Å²) in [4.78, 5) is 41.0. The monoisotopic (exact) mass is 892 g/mol. The second-order valence-electron chi connectivity index (χ2n) is 12.5. The standard InChI is InChI=1S/C20H24N4O2.C14H11BrN4O2.C6H11O2.CH3.Zn/c1-4-26-19(25)7-5-6-14-11-16-18(12-17(14)21)24(3)23-20(16)15-8-9-22-13(2)10-15;1-8-5-9(3-4-16-8)14-10-6-11(15)13(19(20)21)7-12(10)18(2)17-14;1-3-5-6(7)8-4-2;;/h8-12H,4-7,21H2,1-3H3;3-7H,1-2H3;1,3-5H2,2H3;1H3;/q;;2*-1;+2. The average molecular weight is 895 g/mol. The Morgan fingerprint density at radius 3 is 1.81 bits per heavy atom. The van der Waals surface area contributed by atoms with Gasteiger partial charge in [-0.3, -0.25) is 39.0 Å². The van der Waals surface area contributed by atoms with Gasteiger partial charge in [-0.15, -0.1) is 0 Å². The molecule has 0 saturated heterocycles. The van der Waals surface area contributed by atoms with Crippen molar-refractivity contribution in [1.29, 1.82) is 0 Å². The Morgan fingerprint density at radius 2 is 1.33 bits per heavy atom. The molecule has 0 aliphatic rings. The van der Waals surface area contributed by atoms with E-state index in [0.29, 0.717) is 43.4 Å². The molecule has 6 aromatic rings. The number of carbonyl (C=O) groups is 2. The van der Waals surface area contributed by atoms with Crippen LogP contribution in [-0.2, 0) is 59.1 Å². The van der Waals surface area contributed by atoms with Crippen molar-refractivity contribution in [2.45, 2.75) is 59.8 Å². The number of ether oxygens (including phenoxy) is 2. The molecule has 0 bridgehead atoms. The number of aryl methyl sites for hydroxylation is 5. The van der Waals surface area contributed by atoms with Gasteiger partial charge in [0.15, 0.2) is 0 Å². The molecular formula is C41H49BrN8O6Zn. The summed E-state index contributed by atoms with van der Waals surface area (Å²) >= 11 is 3.26. The van der Waals surface area contributed by atoms with E-state index in [9.17, 15) is 19.7 Å². The number of carbonyl (C=O) groups excluding carboxylic acids is 2. The van der Waals surface area contributed by atoms with Crippen LogP contribution >= 0.6 is 15.9 Å². The number of aromatic nitrogens is 6. The Labute approximate surface area is 354 Å². The van der Waals surface area contributed by atoms with Crippen LogP contribution in [0, 0.1) is 38.3 Å². The summed E-state index contributed by atoms with van der Waals surface area (Å²) in [5.74, 6) is -0.316. The Bertz CT molecular complexity index is 2300. The number of benzene rings is 2. The third kappa shape index (κ3) is 12.7. The van der Waals surface area contributed by atoms with Crippen molar-refractivity contribution in [3.63, 3.8) is 0 Å². The SMILES string of the molecule is CCOC(=O)CCCc1cc2c(-c3ccnc(C)c3)nn(C)c2cc1N.Cc1cc(-c2nn(C)c3cc([N+](=O)[O-])c(Br)cc23)ccn1.[CH2-]CCC(=O)OCC.[CH3-].[Zn+2]. The van der Waals surface area contributed by atoms with E-state index in [0.717, 1.165) is 73.4 Å². The third-order valence-corrected chi connectivity index (χ3v) is 9.02. The molecule has 2 aromatic carbocycles. The second kappa shape index (κ2) is 22.6. The van der Waals surface area contributed by atoms with Crippen LogP contribution < -0.4 is 5.73 Å². The van der Waals surface area contributed by atoms with Crippen molar-refractivity contribution in [3.8, 4) is 22.5 Å². The zero-order valence-electron chi connectivity index (χ0n) is 33.7. The van der Waals surface area contributed by atoms with Crippen LogP contribution in [0.1, 0.15) is 56.5 Å². The topological polar surface area (TPSA) is 183 Å².